The number of esters is 1. The maximum Gasteiger partial charge on any atom is 0.328 e. The fourth-order valence-electron chi connectivity index (χ4n) is 12.6. The quantitative estimate of drug-likeness (QED) is 0.0618. The molecule has 0 saturated carbocycles. The van der Waals surface area contributed by atoms with Crippen molar-refractivity contribution in [3.63, 3.8) is 0 Å². The largest absolute Gasteiger partial charge is 0.480 e. The van der Waals surface area contributed by atoms with E-state index in [4.69, 9.17) is 74.3 Å². The van der Waals surface area contributed by atoms with Crippen LogP contribution in [0, 0.1) is 0 Å². The second-order valence-electron chi connectivity index (χ2n) is 23.3. The number of ether oxygens (including phenoxy) is 1. The van der Waals surface area contributed by atoms with E-state index in [0.717, 1.165) is 36.8 Å². The number of benzene rings is 7. The highest BCUT2D eigenvalue weighted by molar-refractivity contribution is 6.41. The number of hydrogen-bond acceptors (Lipinski definition) is 9. The summed E-state index contributed by atoms with van der Waals surface area (Å²) in [4.78, 5) is 108. The Morgan fingerprint density at radius 2 is 0.935 bits per heavy atom. The molecule has 0 aromatic heterocycles. The van der Waals surface area contributed by atoms with Crippen molar-refractivity contribution >= 4 is 117 Å². The summed E-state index contributed by atoms with van der Waals surface area (Å²) in [6, 6.07) is 39.8. The first-order chi connectivity index (χ1) is 43.8. The van der Waals surface area contributed by atoms with Crippen LogP contribution in [0.15, 0.2) is 140 Å². The molecule has 2 heterocycles. The summed E-state index contributed by atoms with van der Waals surface area (Å²) in [6.45, 7) is 1.26. The smallest absolute Gasteiger partial charge is 0.328 e. The highest BCUT2D eigenvalue weighted by Crippen LogP contribution is 2.40. The van der Waals surface area contributed by atoms with E-state index < -0.39 is 35.8 Å². The van der Waals surface area contributed by atoms with Crippen molar-refractivity contribution in [1.82, 2.24) is 20.4 Å². The predicted octanol–water partition coefficient (Wildman–Crippen LogP) is 15.9. The van der Waals surface area contributed by atoms with E-state index in [1.165, 1.54) is 22.3 Å². The van der Waals surface area contributed by atoms with E-state index in [9.17, 15) is 43.5 Å². The van der Waals surface area contributed by atoms with Crippen LogP contribution >= 0.6 is 69.6 Å². The van der Waals surface area contributed by atoms with Gasteiger partial charge in [0.1, 0.15) is 30.3 Å². The van der Waals surface area contributed by atoms with Crippen LogP contribution in [0.3, 0.4) is 0 Å². The van der Waals surface area contributed by atoms with E-state index in [-0.39, 0.29) is 127 Å². The van der Waals surface area contributed by atoms with Crippen molar-refractivity contribution in [3.8, 4) is 0 Å². The number of amides is 4. The van der Waals surface area contributed by atoms with E-state index >= 15 is 0 Å². The van der Waals surface area contributed by atoms with Gasteiger partial charge in [-0.2, -0.15) is 0 Å². The number of aliphatic carboxylic acids is 1. The first-order valence-electron chi connectivity index (χ1n) is 30.1. The maximum absolute atomic E-state index is 13.8. The Morgan fingerprint density at radius 3 is 1.39 bits per heavy atom. The van der Waals surface area contributed by atoms with Crippen LogP contribution in [0.2, 0.25) is 30.1 Å². The van der Waals surface area contributed by atoms with E-state index in [2.05, 4.69) is 28.8 Å². The van der Waals surface area contributed by atoms with Crippen LogP contribution in [-0.2, 0) is 69.3 Å². The number of rotatable bonds is 20. The molecule has 0 bridgehead atoms. The van der Waals surface area contributed by atoms with Gasteiger partial charge in [-0.3, -0.25) is 28.8 Å². The van der Waals surface area contributed by atoms with Crippen molar-refractivity contribution in [2.24, 2.45) is 0 Å². The van der Waals surface area contributed by atoms with Gasteiger partial charge in [-0.15, -0.1) is 0 Å². The molecule has 486 valence electrons. The molecular weight excluding hydrogens is 1310 g/mol. The van der Waals surface area contributed by atoms with E-state index in [1.807, 2.05) is 60.7 Å². The molecule has 0 spiro atoms. The van der Waals surface area contributed by atoms with Crippen LogP contribution in [0.5, 0.6) is 0 Å². The zero-order valence-corrected chi connectivity index (χ0v) is 53.9. The number of hydrogen-bond donors (Lipinski definition) is 3. The molecule has 0 fully saturated rings. The molecule has 4 aliphatic rings. The third kappa shape index (κ3) is 17.4. The lowest BCUT2D eigenvalue weighted by molar-refractivity contribution is -0.147. The van der Waals surface area contributed by atoms with Crippen LogP contribution in [0.25, 0.3) is 0 Å². The molecule has 2 aliphatic carbocycles. The maximum atomic E-state index is 13.8. The molecule has 0 radical (unpaired) electrons. The van der Waals surface area contributed by atoms with Crippen LogP contribution in [0.4, 0.5) is 0 Å². The van der Waals surface area contributed by atoms with E-state index in [1.54, 1.807) is 70.5 Å². The SMILES string of the molecule is C.C.O=C(CC[C@H](NC(=O)c1c(Cl)cc2c(c1Cl)CCN(C(=O)c1cccc(Cl)c1)C2)C(=O)O)C[C@@H]1CCc2ccccc21.O=C(CC[C@H](NC(=O)c1c(Cl)cc2c(c1Cl)CCN(C(=O)c1cccc(Cl)c1)C2)C(=O)OCc1ccccc1)C[C@@H]1CCc2ccccc21. The fourth-order valence-corrected chi connectivity index (χ4v) is 14.5. The molecule has 93 heavy (non-hydrogen) atoms. The third-order valence-corrected chi connectivity index (χ3v) is 19.2. The number of carboxylic acid groups (broad SMARTS) is 1. The fraction of sp³-hybridized carbons (Fsp3) is 0.315. The second-order valence-corrected chi connectivity index (χ2v) is 25.7. The average Bonchev–Trinajstić information content (AvgIpc) is 1.52. The molecule has 0 saturated heterocycles. The summed E-state index contributed by atoms with van der Waals surface area (Å²) in [7, 11) is 0. The summed E-state index contributed by atoms with van der Waals surface area (Å²) >= 11 is 38.8. The summed E-state index contributed by atoms with van der Waals surface area (Å²) < 4.78 is 5.59. The lowest BCUT2D eigenvalue weighted by Crippen LogP contribution is -2.42. The van der Waals surface area contributed by atoms with Gasteiger partial charge in [-0.25, -0.2) is 9.59 Å². The Kier molecular flexibility index (Phi) is 24.9. The molecule has 11 rings (SSSR count). The summed E-state index contributed by atoms with van der Waals surface area (Å²) in [5, 5.41) is 16.4. The van der Waals surface area contributed by atoms with Gasteiger partial charge < -0.3 is 30.3 Å². The standard InChI is InChI=1S/C39H35Cl3N2O5.C32H29Cl3N2O5.2CH4/c40-29-11-6-10-27(19-29)38(47)44-18-17-32-28(22-44)21-33(41)35(36(32)42)37(46)43-34(39(48)49-23-24-7-2-1-3-8-24)16-15-30(45)20-26-14-13-25-9-4-5-12-31(25)26;33-22-6-3-5-20(14-22)31(40)37-13-12-25-21(17-37)16-26(34)28(29(25)35)30(39)36-27(32(41)42)11-10-23(38)15-19-9-8-18-4-1-2-7-24(18)19;;/h1-12,19,21,26,34H,13-18,20,22-23H2,(H,43,46);1-7,14,16,19,27H,8-13,15,17H2,(H,36,39)(H,41,42);2*1H4/t26-,34-;19-,27-;;/m00../s1. The Labute approximate surface area is 572 Å². The minimum absolute atomic E-state index is 0. The van der Waals surface area contributed by atoms with Gasteiger partial charge in [0.05, 0.1) is 31.2 Å². The average molecular weight is 1380 g/mol. The zero-order chi connectivity index (χ0) is 64.5. The Balaban J connectivity index is 0.000000237. The minimum atomic E-state index is -1.29. The first kappa shape index (κ1) is 71.3. The Bertz CT molecular complexity index is 3980. The summed E-state index contributed by atoms with van der Waals surface area (Å²) in [5.41, 5.74) is 9.48. The summed E-state index contributed by atoms with van der Waals surface area (Å²) in [5.74, 6) is -3.39. The van der Waals surface area contributed by atoms with Crippen LogP contribution in [0.1, 0.15) is 170 Å². The highest BCUT2D eigenvalue weighted by atomic mass is 35.5. The number of ketones is 2. The van der Waals surface area contributed by atoms with Crippen molar-refractivity contribution in [2.75, 3.05) is 13.1 Å². The highest BCUT2D eigenvalue weighted by Gasteiger charge is 2.34. The molecule has 4 amide bonds. The lowest BCUT2D eigenvalue weighted by Gasteiger charge is -2.30. The van der Waals surface area contributed by atoms with Gasteiger partial charge in [0.15, 0.2) is 0 Å². The van der Waals surface area contributed by atoms with Crippen molar-refractivity contribution in [2.45, 2.75) is 136 Å². The van der Waals surface area contributed by atoms with Gasteiger partial charge in [-0.05, 0) is 162 Å². The van der Waals surface area contributed by atoms with Crippen molar-refractivity contribution in [3.05, 3.63) is 242 Å². The second kappa shape index (κ2) is 32.5. The molecule has 4 atom stereocenters. The molecule has 7 aromatic carbocycles. The van der Waals surface area contributed by atoms with Crippen molar-refractivity contribution in [1.29, 1.82) is 0 Å². The molecule has 7 aromatic rings. The molecule has 2 aliphatic heterocycles. The lowest BCUT2D eigenvalue weighted by atomic mass is 9.93. The van der Waals surface area contributed by atoms with Gasteiger partial charge in [0.2, 0.25) is 0 Å². The molecule has 3 N–H and O–H groups in total. The number of nitrogens with zero attached hydrogens (tertiary/aromatic N) is 2. The normalized spacial score (nSPS) is 15.6. The van der Waals surface area contributed by atoms with Gasteiger partial charge in [0.25, 0.3) is 23.6 Å². The number of halogens is 6. The number of carboxylic acids is 1. The minimum Gasteiger partial charge on any atom is -0.480 e. The van der Waals surface area contributed by atoms with Crippen LogP contribution < -0.4 is 10.6 Å². The van der Waals surface area contributed by atoms with Crippen molar-refractivity contribution < 1.29 is 48.2 Å². The molecule has 20 heteroatoms. The van der Waals surface area contributed by atoms with E-state index in [0.29, 0.717) is 76.6 Å². The Hall–Kier alpha value is -7.56. The Morgan fingerprint density at radius 1 is 0.505 bits per heavy atom. The van der Waals surface area contributed by atoms with Crippen LogP contribution in [-0.4, -0.2) is 87.2 Å². The summed E-state index contributed by atoms with van der Waals surface area (Å²) in [6.07, 6.45) is 5.31. The third-order valence-electron chi connectivity index (χ3n) is 17.3. The first-order valence-corrected chi connectivity index (χ1v) is 32.4. The number of aryl methyl sites for hydroxylation is 2. The number of Topliss-reactive ketones (excluding diaryl/α,β-unsaturated/α-hetero) is 2. The number of fused-ring (bicyclic) bond motifs is 4. The van der Waals surface area contributed by atoms with Gasteiger partial charge >= 0.3 is 11.9 Å². The molecule has 0 unspecified atom stereocenters. The number of nitrogens with one attached hydrogen (secondary N) is 2. The monoisotopic (exact) mass is 1370 g/mol. The predicted molar refractivity (Wildman–Crippen MR) is 365 cm³/mol. The zero-order valence-electron chi connectivity index (χ0n) is 49.4. The number of carbonyl (C=O) groups excluding carboxylic acids is 7. The van der Waals surface area contributed by atoms with Gasteiger partial charge in [0, 0.05) is 73.0 Å². The molecule has 14 nitrogen and oxygen atoms in total. The number of carbonyl (C=O) groups is 8. The van der Waals surface area contributed by atoms with Gasteiger partial charge in [-0.1, -0.05) is 175 Å². The topological polar surface area (TPSA) is 197 Å². The molecular formula is C73H72Cl6N4O10.